The van der Waals surface area contributed by atoms with Crippen molar-refractivity contribution in [1.29, 1.82) is 0 Å². The summed E-state index contributed by atoms with van der Waals surface area (Å²) in [6.45, 7) is 5.12. The standard InChI is InChI=1S/C13H19ClN2OS/c1-3-16(8-10-6-7-11(14)18-10)12(17)13(2,15)9-4-5-9/h6-7,9H,3-5,8,15H2,1-2H3. The third kappa shape index (κ3) is 2.87. The van der Waals surface area contributed by atoms with Crippen LogP contribution in [-0.2, 0) is 11.3 Å². The van der Waals surface area contributed by atoms with Gasteiger partial charge in [0.25, 0.3) is 0 Å². The van der Waals surface area contributed by atoms with Crippen molar-refractivity contribution >= 4 is 28.8 Å². The van der Waals surface area contributed by atoms with Crippen LogP contribution in [0.1, 0.15) is 31.6 Å². The fourth-order valence-corrected chi connectivity index (χ4v) is 3.25. The normalized spacial score (nSPS) is 18.4. The van der Waals surface area contributed by atoms with Crippen LogP contribution in [0.5, 0.6) is 0 Å². The second-order valence-electron chi connectivity index (χ2n) is 5.08. The third-order valence-electron chi connectivity index (χ3n) is 3.53. The number of thiophene rings is 1. The van der Waals surface area contributed by atoms with E-state index in [0.717, 1.165) is 22.1 Å². The summed E-state index contributed by atoms with van der Waals surface area (Å²) in [6, 6.07) is 3.83. The maximum atomic E-state index is 12.5. The van der Waals surface area contributed by atoms with E-state index in [1.165, 1.54) is 11.3 Å². The molecule has 0 aliphatic heterocycles. The van der Waals surface area contributed by atoms with E-state index in [1.54, 1.807) is 0 Å². The zero-order valence-electron chi connectivity index (χ0n) is 10.8. The predicted molar refractivity (Wildman–Crippen MR) is 75.7 cm³/mol. The van der Waals surface area contributed by atoms with E-state index in [4.69, 9.17) is 17.3 Å². The molecule has 1 aromatic heterocycles. The smallest absolute Gasteiger partial charge is 0.242 e. The summed E-state index contributed by atoms with van der Waals surface area (Å²) in [7, 11) is 0. The Bertz CT molecular complexity index is 440. The summed E-state index contributed by atoms with van der Waals surface area (Å²) in [5.74, 6) is 0.406. The lowest BCUT2D eigenvalue weighted by Crippen LogP contribution is -2.54. The van der Waals surface area contributed by atoms with Crippen molar-refractivity contribution in [2.45, 2.75) is 38.8 Å². The molecular weight excluding hydrogens is 268 g/mol. The topological polar surface area (TPSA) is 46.3 Å². The van der Waals surface area contributed by atoms with Crippen molar-refractivity contribution in [3.63, 3.8) is 0 Å². The fraction of sp³-hybridized carbons (Fsp3) is 0.615. The summed E-state index contributed by atoms with van der Waals surface area (Å²) in [5.41, 5.74) is 5.48. The molecule has 1 heterocycles. The first-order valence-electron chi connectivity index (χ1n) is 6.27. The number of amides is 1. The molecule has 3 nitrogen and oxygen atoms in total. The van der Waals surface area contributed by atoms with Crippen LogP contribution in [0.2, 0.25) is 4.34 Å². The molecule has 0 spiro atoms. The average molecular weight is 287 g/mol. The van der Waals surface area contributed by atoms with Gasteiger partial charge in [-0.1, -0.05) is 11.6 Å². The van der Waals surface area contributed by atoms with Gasteiger partial charge in [0.15, 0.2) is 0 Å². The van der Waals surface area contributed by atoms with E-state index in [9.17, 15) is 4.79 Å². The molecule has 1 aliphatic rings. The Morgan fingerprint density at radius 2 is 2.28 bits per heavy atom. The van der Waals surface area contributed by atoms with Gasteiger partial charge in [-0.3, -0.25) is 4.79 Å². The highest BCUT2D eigenvalue weighted by Gasteiger charge is 2.45. The first-order chi connectivity index (χ1) is 8.45. The Labute approximate surface area is 117 Å². The van der Waals surface area contributed by atoms with Crippen LogP contribution < -0.4 is 5.73 Å². The second kappa shape index (κ2) is 5.19. The van der Waals surface area contributed by atoms with Crippen molar-refractivity contribution in [2.24, 2.45) is 11.7 Å². The molecule has 0 aromatic carbocycles. The SMILES string of the molecule is CCN(Cc1ccc(Cl)s1)C(=O)C(C)(N)C1CC1. The number of halogens is 1. The number of nitrogens with two attached hydrogens (primary N) is 1. The van der Waals surface area contributed by atoms with E-state index >= 15 is 0 Å². The van der Waals surface area contributed by atoms with Gasteiger partial charge in [0, 0.05) is 11.4 Å². The first kappa shape index (κ1) is 13.8. The molecule has 2 rings (SSSR count). The summed E-state index contributed by atoms with van der Waals surface area (Å²) in [6.07, 6.45) is 2.14. The van der Waals surface area contributed by atoms with Crippen LogP contribution in [0.25, 0.3) is 0 Å². The van der Waals surface area contributed by atoms with Gasteiger partial charge in [0.2, 0.25) is 5.91 Å². The Kier molecular flexibility index (Phi) is 3.99. The largest absolute Gasteiger partial charge is 0.336 e. The predicted octanol–water partition coefficient (Wildman–Crippen LogP) is 2.88. The summed E-state index contributed by atoms with van der Waals surface area (Å²) >= 11 is 7.42. The Morgan fingerprint density at radius 3 is 2.72 bits per heavy atom. The van der Waals surface area contributed by atoms with Gasteiger partial charge in [0.1, 0.15) is 0 Å². The Morgan fingerprint density at radius 1 is 1.61 bits per heavy atom. The molecule has 1 fully saturated rings. The Hall–Kier alpha value is -0.580. The van der Waals surface area contributed by atoms with Crippen LogP contribution in [0.15, 0.2) is 12.1 Å². The minimum atomic E-state index is -0.711. The van der Waals surface area contributed by atoms with E-state index < -0.39 is 5.54 Å². The molecule has 5 heteroatoms. The molecular formula is C13H19ClN2OS. The number of nitrogens with zero attached hydrogens (tertiary/aromatic N) is 1. The highest BCUT2D eigenvalue weighted by molar-refractivity contribution is 7.16. The van der Waals surface area contributed by atoms with Gasteiger partial charge in [-0.25, -0.2) is 0 Å². The van der Waals surface area contributed by atoms with Crippen molar-refractivity contribution < 1.29 is 4.79 Å². The molecule has 0 bridgehead atoms. The third-order valence-corrected chi connectivity index (χ3v) is 4.75. The van der Waals surface area contributed by atoms with Crippen LogP contribution >= 0.6 is 22.9 Å². The number of carbonyl (C=O) groups is 1. The van der Waals surface area contributed by atoms with E-state index in [1.807, 2.05) is 30.9 Å². The zero-order valence-corrected chi connectivity index (χ0v) is 12.4. The van der Waals surface area contributed by atoms with E-state index in [2.05, 4.69) is 0 Å². The highest BCUT2D eigenvalue weighted by Crippen LogP contribution is 2.39. The minimum Gasteiger partial charge on any atom is -0.336 e. The lowest BCUT2D eigenvalue weighted by atomic mass is 9.95. The van der Waals surface area contributed by atoms with Gasteiger partial charge in [0.05, 0.1) is 16.4 Å². The molecule has 1 unspecified atom stereocenters. The summed E-state index contributed by atoms with van der Waals surface area (Å²) < 4.78 is 0.756. The van der Waals surface area contributed by atoms with E-state index in [-0.39, 0.29) is 5.91 Å². The molecule has 1 aliphatic carbocycles. The van der Waals surface area contributed by atoms with Crippen LogP contribution in [0, 0.1) is 5.92 Å². The van der Waals surface area contributed by atoms with Crippen molar-refractivity contribution in [3.8, 4) is 0 Å². The van der Waals surface area contributed by atoms with Crippen molar-refractivity contribution in [2.75, 3.05) is 6.54 Å². The van der Waals surface area contributed by atoms with Crippen molar-refractivity contribution in [1.82, 2.24) is 4.90 Å². The molecule has 18 heavy (non-hydrogen) atoms. The highest BCUT2D eigenvalue weighted by atomic mass is 35.5. The number of hydrogen-bond donors (Lipinski definition) is 1. The molecule has 0 radical (unpaired) electrons. The number of rotatable bonds is 5. The first-order valence-corrected chi connectivity index (χ1v) is 7.47. The quantitative estimate of drug-likeness (QED) is 0.905. The van der Waals surface area contributed by atoms with Gasteiger partial charge in [-0.05, 0) is 44.7 Å². The maximum Gasteiger partial charge on any atom is 0.242 e. The minimum absolute atomic E-state index is 0.0528. The summed E-state index contributed by atoms with van der Waals surface area (Å²) in [5, 5.41) is 0. The number of likely N-dealkylation sites (N-methyl/N-ethyl adjacent to an activating group) is 1. The van der Waals surface area contributed by atoms with Gasteiger partial charge in [-0.2, -0.15) is 0 Å². The summed E-state index contributed by atoms with van der Waals surface area (Å²) in [4.78, 5) is 15.4. The van der Waals surface area contributed by atoms with Crippen LogP contribution in [-0.4, -0.2) is 22.9 Å². The molecule has 0 saturated heterocycles. The number of hydrogen-bond acceptors (Lipinski definition) is 3. The lowest BCUT2D eigenvalue weighted by Gasteiger charge is -2.31. The molecule has 2 N–H and O–H groups in total. The monoisotopic (exact) mass is 286 g/mol. The molecule has 100 valence electrons. The second-order valence-corrected chi connectivity index (χ2v) is 6.88. The lowest BCUT2D eigenvalue weighted by molar-refractivity contribution is -0.137. The van der Waals surface area contributed by atoms with Crippen molar-refractivity contribution in [3.05, 3.63) is 21.3 Å². The molecule has 1 atom stereocenters. The molecule has 1 saturated carbocycles. The van der Waals surface area contributed by atoms with E-state index in [0.29, 0.717) is 19.0 Å². The molecule has 1 amide bonds. The average Bonchev–Trinajstić information content (AvgIpc) is 3.10. The van der Waals surface area contributed by atoms with Crippen LogP contribution in [0.4, 0.5) is 0 Å². The number of carbonyl (C=O) groups excluding carboxylic acids is 1. The Balaban J connectivity index is 2.06. The van der Waals surface area contributed by atoms with Gasteiger partial charge >= 0.3 is 0 Å². The van der Waals surface area contributed by atoms with Gasteiger partial charge in [-0.15, -0.1) is 11.3 Å². The maximum absolute atomic E-state index is 12.5. The molecule has 1 aromatic rings. The van der Waals surface area contributed by atoms with Crippen LogP contribution in [0.3, 0.4) is 0 Å². The zero-order chi connectivity index (χ0) is 13.3. The van der Waals surface area contributed by atoms with Gasteiger partial charge < -0.3 is 10.6 Å². The fourth-order valence-electron chi connectivity index (χ4n) is 2.15.